The van der Waals surface area contributed by atoms with Gasteiger partial charge in [0.25, 0.3) is 0 Å². The van der Waals surface area contributed by atoms with Gasteiger partial charge in [-0.1, -0.05) is 12.1 Å². The van der Waals surface area contributed by atoms with Gasteiger partial charge in [0.05, 0.1) is 18.8 Å². The maximum atomic E-state index is 9.97. The average Bonchev–Trinajstić information content (AvgIpc) is 2.47. The average molecular weight is 308 g/mol. The van der Waals surface area contributed by atoms with Crippen molar-refractivity contribution in [3.63, 3.8) is 0 Å². The zero-order chi connectivity index (χ0) is 15.9. The smallest absolute Gasteiger partial charge is 0.115 e. The van der Waals surface area contributed by atoms with Crippen molar-refractivity contribution < 1.29 is 14.9 Å². The summed E-state index contributed by atoms with van der Waals surface area (Å²) in [5, 5.41) is 19.5. The van der Waals surface area contributed by atoms with Crippen LogP contribution < -0.4 is 0 Å². The van der Waals surface area contributed by atoms with E-state index < -0.39 is 6.10 Å². The Morgan fingerprint density at radius 2 is 1.82 bits per heavy atom. The van der Waals surface area contributed by atoms with Crippen LogP contribution in [0.15, 0.2) is 24.3 Å². The number of β-amino-alcohol motifs (C(OH)–C–C–N with tert-alkyl or cyclic N) is 1. The second kappa shape index (κ2) is 8.48. The summed E-state index contributed by atoms with van der Waals surface area (Å²) in [5.74, 6) is 0.324. The molecule has 1 heterocycles. The number of rotatable bonds is 7. The Morgan fingerprint density at radius 3 is 2.45 bits per heavy atom. The van der Waals surface area contributed by atoms with Crippen LogP contribution in [0.4, 0.5) is 0 Å². The first-order valence-electron chi connectivity index (χ1n) is 8.05. The van der Waals surface area contributed by atoms with Crippen LogP contribution in [-0.4, -0.2) is 71.6 Å². The molecule has 1 aliphatic heterocycles. The number of ether oxygens (including phenoxy) is 1. The number of phenols is 1. The molecule has 0 spiro atoms. The van der Waals surface area contributed by atoms with E-state index in [1.807, 2.05) is 32.0 Å². The maximum absolute atomic E-state index is 9.97. The van der Waals surface area contributed by atoms with Crippen molar-refractivity contribution in [3.8, 4) is 5.75 Å². The highest BCUT2D eigenvalue weighted by molar-refractivity contribution is 5.27. The van der Waals surface area contributed by atoms with Crippen molar-refractivity contribution in [2.75, 3.05) is 39.3 Å². The summed E-state index contributed by atoms with van der Waals surface area (Å²) in [6, 6.07) is 7.44. The van der Waals surface area contributed by atoms with E-state index in [1.54, 1.807) is 6.07 Å². The number of benzene rings is 1. The lowest BCUT2D eigenvalue weighted by Crippen LogP contribution is -2.48. The first-order chi connectivity index (χ1) is 10.5. The third-order valence-corrected chi connectivity index (χ3v) is 3.87. The van der Waals surface area contributed by atoms with Gasteiger partial charge in [-0.2, -0.15) is 0 Å². The normalized spacial score (nSPS) is 18.7. The molecule has 5 heteroatoms. The Balaban J connectivity index is 1.69. The summed E-state index contributed by atoms with van der Waals surface area (Å²) < 4.78 is 5.45. The number of piperazine rings is 1. The molecule has 0 radical (unpaired) electrons. The Kier molecular flexibility index (Phi) is 6.64. The molecule has 2 rings (SSSR count). The van der Waals surface area contributed by atoms with Gasteiger partial charge in [0.1, 0.15) is 5.75 Å². The molecule has 1 aliphatic rings. The van der Waals surface area contributed by atoms with Gasteiger partial charge < -0.3 is 14.9 Å². The molecule has 0 aromatic heterocycles. The van der Waals surface area contributed by atoms with Crippen LogP contribution in [0.5, 0.6) is 5.75 Å². The largest absolute Gasteiger partial charge is 0.508 e. The summed E-state index contributed by atoms with van der Waals surface area (Å²) in [6.45, 7) is 9.77. The van der Waals surface area contributed by atoms with Crippen molar-refractivity contribution in [1.29, 1.82) is 0 Å². The molecular weight excluding hydrogens is 280 g/mol. The molecule has 2 N–H and O–H groups in total. The van der Waals surface area contributed by atoms with E-state index in [0.29, 0.717) is 18.9 Å². The Morgan fingerprint density at radius 1 is 1.14 bits per heavy atom. The molecule has 0 bridgehead atoms. The molecule has 0 amide bonds. The van der Waals surface area contributed by atoms with Gasteiger partial charge in [-0.3, -0.25) is 9.80 Å². The Hall–Kier alpha value is -1.14. The maximum Gasteiger partial charge on any atom is 0.115 e. The van der Waals surface area contributed by atoms with Gasteiger partial charge >= 0.3 is 0 Å². The highest BCUT2D eigenvalue weighted by Gasteiger charge is 2.19. The van der Waals surface area contributed by atoms with Crippen LogP contribution in [0.2, 0.25) is 0 Å². The number of aliphatic hydroxyl groups excluding tert-OH is 1. The van der Waals surface area contributed by atoms with Gasteiger partial charge in [0, 0.05) is 39.3 Å². The van der Waals surface area contributed by atoms with E-state index in [0.717, 1.165) is 38.3 Å². The fraction of sp³-hybridized carbons (Fsp3) is 0.647. The standard InChI is InChI=1S/C17H28N2O3/c1-14(2)22-13-17(21)12-19-8-6-18(7-9-19)11-15-4-3-5-16(20)10-15/h3-5,10,14,17,20-21H,6-9,11-13H2,1-2H3/t17-/m0/s1. The molecule has 1 saturated heterocycles. The molecule has 0 aliphatic carbocycles. The zero-order valence-electron chi connectivity index (χ0n) is 13.6. The molecule has 0 saturated carbocycles. The van der Waals surface area contributed by atoms with Crippen LogP contribution in [0, 0.1) is 0 Å². The Labute approximate surface area is 133 Å². The van der Waals surface area contributed by atoms with Crippen LogP contribution in [0.1, 0.15) is 19.4 Å². The van der Waals surface area contributed by atoms with E-state index in [-0.39, 0.29) is 6.10 Å². The molecular formula is C17H28N2O3. The summed E-state index contributed by atoms with van der Waals surface area (Å²) in [6.07, 6.45) is -0.256. The first-order valence-corrected chi connectivity index (χ1v) is 8.05. The highest BCUT2D eigenvalue weighted by atomic mass is 16.5. The summed E-state index contributed by atoms with van der Waals surface area (Å²) >= 11 is 0. The minimum Gasteiger partial charge on any atom is -0.508 e. The van der Waals surface area contributed by atoms with Crippen LogP contribution in [0.25, 0.3) is 0 Å². The monoisotopic (exact) mass is 308 g/mol. The lowest BCUT2D eigenvalue weighted by Gasteiger charge is -2.35. The summed E-state index contributed by atoms with van der Waals surface area (Å²) in [5.41, 5.74) is 1.14. The third-order valence-electron chi connectivity index (χ3n) is 3.87. The predicted molar refractivity (Wildman–Crippen MR) is 86.9 cm³/mol. The van der Waals surface area contributed by atoms with E-state index in [1.165, 1.54) is 0 Å². The van der Waals surface area contributed by atoms with Crippen molar-refractivity contribution in [2.24, 2.45) is 0 Å². The SMILES string of the molecule is CC(C)OC[C@@H](O)CN1CCN(Cc2cccc(O)c2)CC1. The van der Waals surface area contributed by atoms with E-state index in [4.69, 9.17) is 4.74 Å². The third kappa shape index (κ3) is 5.93. The number of hydrogen-bond acceptors (Lipinski definition) is 5. The van der Waals surface area contributed by atoms with Crippen molar-refractivity contribution in [2.45, 2.75) is 32.6 Å². The van der Waals surface area contributed by atoms with E-state index in [2.05, 4.69) is 9.80 Å². The first kappa shape index (κ1) is 17.2. The highest BCUT2D eigenvalue weighted by Crippen LogP contribution is 2.14. The number of hydrogen-bond donors (Lipinski definition) is 2. The zero-order valence-corrected chi connectivity index (χ0v) is 13.6. The quantitative estimate of drug-likeness (QED) is 0.795. The number of phenolic OH excluding ortho intramolecular Hbond substituents is 1. The van der Waals surface area contributed by atoms with E-state index >= 15 is 0 Å². The van der Waals surface area contributed by atoms with Gasteiger partial charge in [-0.05, 0) is 31.5 Å². The second-order valence-electron chi connectivity index (χ2n) is 6.28. The molecule has 5 nitrogen and oxygen atoms in total. The molecule has 124 valence electrons. The summed E-state index contributed by atoms with van der Waals surface area (Å²) in [4.78, 5) is 4.66. The fourth-order valence-corrected chi connectivity index (χ4v) is 2.70. The molecule has 0 unspecified atom stereocenters. The van der Waals surface area contributed by atoms with Crippen molar-refractivity contribution in [1.82, 2.24) is 9.80 Å². The van der Waals surface area contributed by atoms with Crippen LogP contribution >= 0.6 is 0 Å². The van der Waals surface area contributed by atoms with Gasteiger partial charge in [-0.15, -0.1) is 0 Å². The van der Waals surface area contributed by atoms with Crippen LogP contribution in [-0.2, 0) is 11.3 Å². The van der Waals surface area contributed by atoms with Gasteiger partial charge in [0.2, 0.25) is 0 Å². The Bertz CT molecular complexity index is 445. The second-order valence-corrected chi connectivity index (χ2v) is 6.28. The van der Waals surface area contributed by atoms with Gasteiger partial charge in [-0.25, -0.2) is 0 Å². The lowest BCUT2D eigenvalue weighted by atomic mass is 10.2. The molecule has 1 aromatic rings. The number of aliphatic hydroxyl groups is 1. The van der Waals surface area contributed by atoms with E-state index in [9.17, 15) is 10.2 Å². The number of aromatic hydroxyl groups is 1. The predicted octanol–water partition coefficient (Wildman–Crippen LogP) is 1.30. The summed E-state index contributed by atoms with van der Waals surface area (Å²) in [7, 11) is 0. The fourth-order valence-electron chi connectivity index (χ4n) is 2.70. The van der Waals surface area contributed by atoms with Crippen LogP contribution in [0.3, 0.4) is 0 Å². The lowest BCUT2D eigenvalue weighted by molar-refractivity contribution is -0.0148. The molecule has 1 atom stereocenters. The molecule has 22 heavy (non-hydrogen) atoms. The van der Waals surface area contributed by atoms with Crippen molar-refractivity contribution in [3.05, 3.63) is 29.8 Å². The molecule has 1 fully saturated rings. The minimum atomic E-state index is -0.417. The number of nitrogens with zero attached hydrogens (tertiary/aromatic N) is 2. The van der Waals surface area contributed by atoms with Gasteiger partial charge in [0.15, 0.2) is 0 Å². The topological polar surface area (TPSA) is 56.2 Å². The van der Waals surface area contributed by atoms with Crippen molar-refractivity contribution >= 4 is 0 Å². The minimum absolute atomic E-state index is 0.161. The molecule has 1 aromatic carbocycles.